The summed E-state index contributed by atoms with van der Waals surface area (Å²) < 4.78 is 27.4. The van der Waals surface area contributed by atoms with Gasteiger partial charge in [-0.3, -0.25) is 4.99 Å². The van der Waals surface area contributed by atoms with E-state index in [0.717, 1.165) is 29.1 Å². The smallest absolute Gasteiger partial charge is 0.243 e. The average molecular weight is 450 g/mol. The van der Waals surface area contributed by atoms with Crippen molar-refractivity contribution in [2.24, 2.45) is 10.9 Å². The highest BCUT2D eigenvalue weighted by atomic mass is 32.2. The van der Waals surface area contributed by atoms with Crippen LogP contribution in [0.2, 0.25) is 0 Å². The van der Waals surface area contributed by atoms with E-state index in [4.69, 9.17) is 0 Å². The fraction of sp³-hybridized carbons (Fsp3) is 0.524. The second-order valence-corrected chi connectivity index (χ2v) is 11.0. The molecule has 2 N–H and O–H groups in total. The van der Waals surface area contributed by atoms with E-state index in [1.54, 1.807) is 34.8 Å². The Labute approximate surface area is 183 Å². The van der Waals surface area contributed by atoms with E-state index in [1.165, 1.54) is 4.88 Å². The number of hydrogen-bond donors (Lipinski definition) is 2. The molecule has 1 aliphatic rings. The summed E-state index contributed by atoms with van der Waals surface area (Å²) in [6.45, 7) is 8.56. The van der Waals surface area contributed by atoms with E-state index in [-0.39, 0.29) is 0 Å². The van der Waals surface area contributed by atoms with Crippen LogP contribution in [0.25, 0.3) is 0 Å². The van der Waals surface area contributed by atoms with Crippen molar-refractivity contribution in [3.8, 4) is 0 Å². The van der Waals surface area contributed by atoms with Crippen molar-refractivity contribution in [3.63, 3.8) is 0 Å². The molecule has 1 atom stereocenters. The summed E-state index contributed by atoms with van der Waals surface area (Å²) in [5.74, 6) is 1.09. The number of guanidine groups is 1. The molecule has 1 aromatic heterocycles. The van der Waals surface area contributed by atoms with Gasteiger partial charge in [-0.2, -0.15) is 4.31 Å². The number of sulfonamides is 1. The van der Waals surface area contributed by atoms with Crippen LogP contribution >= 0.6 is 11.3 Å². The van der Waals surface area contributed by atoms with Crippen molar-refractivity contribution in [3.05, 3.63) is 45.4 Å². The Hall–Kier alpha value is -1.97. The molecule has 0 bridgehead atoms. The topological polar surface area (TPSA) is 86.7 Å². The Kier molecular flexibility index (Phi) is 7.49. The lowest BCUT2D eigenvalue weighted by Crippen LogP contribution is -2.39. The van der Waals surface area contributed by atoms with E-state index in [2.05, 4.69) is 34.5 Å². The van der Waals surface area contributed by atoms with Crippen molar-refractivity contribution in [1.82, 2.24) is 19.9 Å². The molecule has 0 saturated carbocycles. The number of rotatable bonds is 6. The Morgan fingerprint density at radius 3 is 2.53 bits per heavy atom. The molecule has 164 valence electrons. The van der Waals surface area contributed by atoms with Crippen LogP contribution in [0, 0.1) is 19.8 Å². The summed E-state index contributed by atoms with van der Waals surface area (Å²) in [7, 11) is -1.69. The highest BCUT2D eigenvalue weighted by Gasteiger charge is 2.28. The van der Waals surface area contributed by atoms with E-state index in [9.17, 15) is 8.42 Å². The fourth-order valence-corrected chi connectivity index (χ4v) is 5.95. The van der Waals surface area contributed by atoms with Crippen LogP contribution in [0.3, 0.4) is 0 Å². The third kappa shape index (κ3) is 5.59. The molecule has 2 heterocycles. The minimum absolute atomic E-state index is 0.359. The van der Waals surface area contributed by atoms with Gasteiger partial charge in [0.25, 0.3) is 0 Å². The molecular weight excluding hydrogens is 418 g/mol. The van der Waals surface area contributed by atoms with Crippen molar-refractivity contribution < 1.29 is 8.42 Å². The van der Waals surface area contributed by atoms with E-state index in [0.29, 0.717) is 43.0 Å². The molecule has 7 nitrogen and oxygen atoms in total. The van der Waals surface area contributed by atoms with Gasteiger partial charge in [0, 0.05) is 31.6 Å². The summed E-state index contributed by atoms with van der Waals surface area (Å²) in [5.41, 5.74) is 2.05. The number of hydrogen-bond acceptors (Lipinski definition) is 5. The third-order valence-electron chi connectivity index (χ3n) is 5.34. The molecule has 30 heavy (non-hydrogen) atoms. The molecule has 0 radical (unpaired) electrons. The number of thiazole rings is 1. The first-order chi connectivity index (χ1) is 14.3. The van der Waals surface area contributed by atoms with Gasteiger partial charge in [-0.1, -0.05) is 19.1 Å². The summed E-state index contributed by atoms with van der Waals surface area (Å²) in [6.07, 6.45) is 2.02. The zero-order valence-electron chi connectivity index (χ0n) is 18.1. The highest BCUT2D eigenvalue weighted by molar-refractivity contribution is 7.89. The minimum atomic E-state index is -3.42. The molecule has 0 spiro atoms. The third-order valence-corrected chi connectivity index (χ3v) is 8.30. The molecule has 3 rings (SSSR count). The van der Waals surface area contributed by atoms with E-state index < -0.39 is 10.0 Å². The second kappa shape index (κ2) is 9.89. The second-order valence-electron chi connectivity index (χ2n) is 7.78. The zero-order chi connectivity index (χ0) is 21.7. The van der Waals surface area contributed by atoms with Crippen molar-refractivity contribution in [1.29, 1.82) is 0 Å². The maximum Gasteiger partial charge on any atom is 0.243 e. The maximum absolute atomic E-state index is 12.9. The van der Waals surface area contributed by atoms with Crippen molar-refractivity contribution >= 4 is 27.3 Å². The van der Waals surface area contributed by atoms with Gasteiger partial charge in [-0.05, 0) is 50.3 Å². The van der Waals surface area contributed by atoms with E-state index in [1.807, 2.05) is 19.1 Å². The van der Waals surface area contributed by atoms with Gasteiger partial charge in [0.1, 0.15) is 5.01 Å². The molecule has 1 aliphatic heterocycles. The summed E-state index contributed by atoms with van der Waals surface area (Å²) >= 11 is 1.68. The molecule has 2 aromatic rings. The van der Waals surface area contributed by atoms with Crippen LogP contribution in [0.5, 0.6) is 0 Å². The van der Waals surface area contributed by atoms with Crippen LogP contribution in [-0.4, -0.2) is 43.8 Å². The first-order valence-electron chi connectivity index (χ1n) is 10.3. The molecule has 0 amide bonds. The number of benzene rings is 1. The van der Waals surface area contributed by atoms with Gasteiger partial charge in [0.2, 0.25) is 10.0 Å². The lowest BCUT2D eigenvalue weighted by molar-refractivity contribution is 0.281. The molecule has 0 aliphatic carbocycles. The average Bonchev–Trinajstić information content (AvgIpc) is 3.06. The SMILES string of the molecule is CN=C(NCc1ccc(S(=O)(=O)N2CCCC(C)C2)cc1)NCc1nc(C)c(C)s1. The fourth-order valence-electron chi connectivity index (χ4n) is 3.47. The van der Waals surface area contributed by atoms with Crippen molar-refractivity contribution in [2.75, 3.05) is 20.1 Å². The first kappa shape index (κ1) is 22.7. The summed E-state index contributed by atoms with van der Waals surface area (Å²) in [6, 6.07) is 7.11. The van der Waals surface area contributed by atoms with Crippen molar-refractivity contribution in [2.45, 2.75) is 51.6 Å². The Morgan fingerprint density at radius 2 is 1.93 bits per heavy atom. The summed E-state index contributed by atoms with van der Waals surface area (Å²) in [5, 5.41) is 7.55. The predicted molar refractivity (Wildman–Crippen MR) is 122 cm³/mol. The van der Waals surface area contributed by atoms with Gasteiger partial charge < -0.3 is 10.6 Å². The van der Waals surface area contributed by atoms with Gasteiger partial charge in [-0.15, -0.1) is 11.3 Å². The highest BCUT2D eigenvalue weighted by Crippen LogP contribution is 2.23. The quantitative estimate of drug-likeness (QED) is 0.523. The number of aryl methyl sites for hydroxylation is 2. The zero-order valence-corrected chi connectivity index (χ0v) is 19.7. The van der Waals surface area contributed by atoms with Crippen LogP contribution in [0.4, 0.5) is 0 Å². The van der Waals surface area contributed by atoms with Crippen LogP contribution in [0.1, 0.15) is 40.9 Å². The molecule has 1 unspecified atom stereocenters. The molecule has 1 saturated heterocycles. The number of nitrogens with zero attached hydrogens (tertiary/aromatic N) is 3. The molecular formula is C21H31N5O2S2. The Bertz CT molecular complexity index is 964. The number of aromatic nitrogens is 1. The molecule has 1 aromatic carbocycles. The summed E-state index contributed by atoms with van der Waals surface area (Å²) in [4.78, 5) is 10.3. The van der Waals surface area contributed by atoms with Crippen LogP contribution in [-0.2, 0) is 23.1 Å². The standard InChI is InChI=1S/C21H31N5O2S2/c1-15-6-5-11-26(14-15)30(27,28)19-9-7-18(8-10-19)12-23-21(22-4)24-13-20-25-16(2)17(3)29-20/h7-10,15H,5-6,11-14H2,1-4H3,(H2,22,23,24). The number of piperidine rings is 1. The van der Waals surface area contributed by atoms with Gasteiger partial charge >= 0.3 is 0 Å². The predicted octanol–water partition coefficient (Wildman–Crippen LogP) is 3.05. The number of nitrogens with one attached hydrogen (secondary N) is 2. The van der Waals surface area contributed by atoms with E-state index >= 15 is 0 Å². The van der Waals surface area contributed by atoms with Crippen LogP contribution < -0.4 is 10.6 Å². The molecule has 1 fully saturated rings. The van der Waals surface area contributed by atoms with Gasteiger partial charge in [-0.25, -0.2) is 13.4 Å². The van der Waals surface area contributed by atoms with Gasteiger partial charge in [0.15, 0.2) is 5.96 Å². The monoisotopic (exact) mass is 449 g/mol. The normalized spacial score (nSPS) is 18.4. The lowest BCUT2D eigenvalue weighted by Gasteiger charge is -2.30. The lowest BCUT2D eigenvalue weighted by atomic mass is 10.0. The minimum Gasteiger partial charge on any atom is -0.352 e. The van der Waals surface area contributed by atoms with Crippen LogP contribution in [0.15, 0.2) is 34.2 Å². The first-order valence-corrected chi connectivity index (χ1v) is 12.5. The van der Waals surface area contributed by atoms with Gasteiger partial charge in [0.05, 0.1) is 17.1 Å². The largest absolute Gasteiger partial charge is 0.352 e. The number of aliphatic imine (C=N–C) groups is 1. The Balaban J connectivity index is 1.55. The Morgan fingerprint density at radius 1 is 1.23 bits per heavy atom. The maximum atomic E-state index is 12.9. The molecule has 9 heteroatoms.